The standard InChI is InChI=1S/2C9H7.C3H9Si.2ClH.H3Si.Zr/c2*1-2-5-9-7-3-6-8(9)4-1;1-4(2)3;;;;/h2*1-7H;1-3H3;2*1H;1H3;/q;;;;;;+2/p-2. The van der Waals surface area contributed by atoms with Crippen LogP contribution in [0, 0.1) is 0 Å². The van der Waals surface area contributed by atoms with Crippen LogP contribution in [0.2, 0.25) is 19.6 Å². The predicted octanol–water partition coefficient (Wildman–Crippen LogP) is 6.17. The summed E-state index contributed by atoms with van der Waals surface area (Å²) in [5.41, 5.74) is 5.29. The van der Waals surface area contributed by atoms with Crippen LogP contribution < -0.4 is 0 Å². The van der Waals surface area contributed by atoms with Crippen molar-refractivity contribution in [1.29, 1.82) is 0 Å². The topological polar surface area (TPSA) is 0 Å². The van der Waals surface area contributed by atoms with E-state index in [1.165, 1.54) is 22.3 Å². The van der Waals surface area contributed by atoms with Gasteiger partial charge in [-0.3, -0.25) is 0 Å². The first-order chi connectivity index (χ1) is 12.0. The average molecular weight is 497 g/mol. The summed E-state index contributed by atoms with van der Waals surface area (Å²) in [6.07, 6.45) is 9.20. The minimum absolute atomic E-state index is 0.190. The summed E-state index contributed by atoms with van der Waals surface area (Å²) in [4.78, 5) is 0. The molecule has 0 amide bonds. The molecular formula is C21H26Cl2Si2Zr. The van der Waals surface area contributed by atoms with E-state index in [4.69, 9.17) is 17.0 Å². The zero-order chi connectivity index (χ0) is 18.9. The third-order valence-corrected chi connectivity index (χ3v) is 119. The molecule has 5 heteroatoms. The predicted molar refractivity (Wildman–Crippen MR) is 121 cm³/mol. The van der Waals surface area contributed by atoms with E-state index in [0.29, 0.717) is 0 Å². The summed E-state index contributed by atoms with van der Waals surface area (Å²) in [5.74, 6) is 0. The van der Waals surface area contributed by atoms with Crippen molar-refractivity contribution in [3.05, 3.63) is 82.9 Å². The van der Waals surface area contributed by atoms with E-state index in [1.54, 1.807) is 0 Å². The van der Waals surface area contributed by atoms with E-state index >= 15 is 0 Å². The van der Waals surface area contributed by atoms with Crippen molar-refractivity contribution in [3.8, 4) is 0 Å². The molecule has 2 aliphatic carbocycles. The van der Waals surface area contributed by atoms with Gasteiger partial charge in [-0.1, -0.05) is 0 Å². The molecule has 0 N–H and O–H groups in total. The van der Waals surface area contributed by atoms with Crippen LogP contribution in [0.25, 0.3) is 12.2 Å². The number of hydrogen-bond donors (Lipinski definition) is 0. The van der Waals surface area contributed by atoms with Crippen LogP contribution in [-0.4, -0.2) is 12.6 Å². The van der Waals surface area contributed by atoms with Gasteiger partial charge in [-0.05, 0) is 0 Å². The van der Waals surface area contributed by atoms with Gasteiger partial charge < -0.3 is 0 Å². The Morgan fingerprint density at radius 1 is 0.769 bits per heavy atom. The fourth-order valence-electron chi connectivity index (χ4n) is 5.05. The Labute approximate surface area is 163 Å². The second-order valence-electron chi connectivity index (χ2n) is 9.54. The second kappa shape index (κ2) is 5.45. The van der Waals surface area contributed by atoms with Gasteiger partial charge >= 0.3 is 165 Å². The molecule has 0 radical (unpaired) electrons. The molecule has 4 rings (SSSR count). The van der Waals surface area contributed by atoms with Crippen LogP contribution >= 0.6 is 17.0 Å². The van der Waals surface area contributed by atoms with Crippen molar-refractivity contribution >= 4 is 41.7 Å². The number of benzene rings is 2. The number of allylic oxidation sites excluding steroid dienone is 2. The van der Waals surface area contributed by atoms with E-state index in [0.717, 1.165) is 7.37 Å². The molecule has 2 aliphatic rings. The molecule has 26 heavy (non-hydrogen) atoms. The van der Waals surface area contributed by atoms with E-state index < -0.39 is 18.4 Å². The Hall–Kier alpha value is -0.183. The molecule has 0 heterocycles. The fraction of sp³-hybridized carbons (Fsp3) is 0.238. The van der Waals surface area contributed by atoms with Crippen LogP contribution in [0.1, 0.15) is 29.5 Å². The Morgan fingerprint density at radius 3 is 1.54 bits per heavy atom. The van der Waals surface area contributed by atoms with Gasteiger partial charge in [0, 0.05) is 0 Å². The van der Waals surface area contributed by atoms with Gasteiger partial charge in [0.25, 0.3) is 0 Å². The SMILES string of the molecule is C[Si](C)(C)[Zr]([SiH3])([Cl])([Cl])([CH]1C=Cc2ccccc21)[CH]1C=Cc2ccccc21. The molecule has 0 nitrogen and oxygen atoms in total. The van der Waals surface area contributed by atoms with E-state index in [-0.39, 0.29) is 7.25 Å². The summed E-state index contributed by atoms with van der Waals surface area (Å²) < 4.78 is 0.379. The first-order valence-electron chi connectivity index (χ1n) is 9.35. The molecule has 0 saturated carbocycles. The van der Waals surface area contributed by atoms with Crippen LogP contribution in [0.15, 0.2) is 60.7 Å². The second-order valence-corrected chi connectivity index (χ2v) is 97.2. The molecule has 0 aliphatic heterocycles. The van der Waals surface area contributed by atoms with Gasteiger partial charge in [0.05, 0.1) is 0 Å². The number of fused-ring (bicyclic) bond motifs is 2. The van der Waals surface area contributed by atoms with E-state index in [9.17, 15) is 0 Å². The maximum absolute atomic E-state index is 8.18. The molecule has 2 aromatic rings. The van der Waals surface area contributed by atoms with Crippen molar-refractivity contribution < 1.29 is 13.2 Å². The van der Waals surface area contributed by atoms with Crippen LogP contribution in [0.4, 0.5) is 0 Å². The molecule has 0 fully saturated rings. The molecule has 0 aromatic heterocycles. The summed E-state index contributed by atoms with van der Waals surface area (Å²) >= 11 is -4.82. The average Bonchev–Trinajstić information content (AvgIpc) is 3.19. The van der Waals surface area contributed by atoms with Crippen molar-refractivity contribution in [2.24, 2.45) is 0 Å². The summed E-state index contributed by atoms with van der Waals surface area (Å²) in [5, 5.41) is -1.93. The molecule has 0 bridgehead atoms. The molecular weight excluding hydrogens is 471 g/mol. The summed E-state index contributed by atoms with van der Waals surface area (Å²) in [6, 6.07) is 17.4. The zero-order valence-corrected chi connectivity index (χ0v) is 22.8. The normalized spacial score (nSPS) is 24.2. The first-order valence-corrected chi connectivity index (χ1v) is 34.1. The third-order valence-electron chi connectivity index (χ3n) is 7.54. The molecule has 136 valence electrons. The van der Waals surface area contributed by atoms with Gasteiger partial charge in [-0.2, -0.15) is 0 Å². The van der Waals surface area contributed by atoms with Gasteiger partial charge in [0.15, 0.2) is 0 Å². The molecule has 2 atom stereocenters. The minimum atomic E-state index is -4.82. The number of halogens is 2. The Morgan fingerprint density at radius 2 is 1.15 bits per heavy atom. The fourth-order valence-corrected chi connectivity index (χ4v) is 43.8. The zero-order valence-electron chi connectivity index (χ0n) is 15.8. The van der Waals surface area contributed by atoms with Gasteiger partial charge in [-0.25, -0.2) is 0 Å². The van der Waals surface area contributed by atoms with Crippen LogP contribution in [-0.2, 0) is 13.2 Å². The van der Waals surface area contributed by atoms with E-state index in [1.807, 2.05) is 0 Å². The molecule has 0 spiro atoms. The van der Waals surface area contributed by atoms with Gasteiger partial charge in [0.2, 0.25) is 0 Å². The van der Waals surface area contributed by atoms with Crippen LogP contribution in [0.3, 0.4) is 0 Å². The number of hydrogen-bond acceptors (Lipinski definition) is 0. The van der Waals surface area contributed by atoms with E-state index in [2.05, 4.69) is 92.5 Å². The summed E-state index contributed by atoms with van der Waals surface area (Å²) in [6.45, 7) is 7.25. The maximum atomic E-state index is 8.18. The first kappa shape index (κ1) is 19.1. The van der Waals surface area contributed by atoms with Crippen molar-refractivity contribution in [2.75, 3.05) is 0 Å². The van der Waals surface area contributed by atoms with Gasteiger partial charge in [-0.15, -0.1) is 0 Å². The monoisotopic (exact) mass is 494 g/mol. The van der Waals surface area contributed by atoms with Gasteiger partial charge in [0.1, 0.15) is 0 Å². The molecule has 2 unspecified atom stereocenters. The number of rotatable bonds is 3. The molecule has 2 aromatic carbocycles. The van der Waals surface area contributed by atoms with Crippen molar-refractivity contribution in [1.82, 2.24) is 0 Å². The summed E-state index contributed by atoms with van der Waals surface area (Å²) in [7, 11) is 17.2. The van der Waals surface area contributed by atoms with Crippen molar-refractivity contribution in [2.45, 2.75) is 26.9 Å². The molecule has 0 saturated heterocycles. The Kier molecular flexibility index (Phi) is 4.01. The van der Waals surface area contributed by atoms with Crippen LogP contribution in [0.5, 0.6) is 0 Å². The quantitative estimate of drug-likeness (QED) is 0.446. The Bertz CT molecular complexity index is 909. The third kappa shape index (κ3) is 2.22. The van der Waals surface area contributed by atoms with Crippen molar-refractivity contribution in [3.63, 3.8) is 0 Å². The Balaban J connectivity index is 2.05.